The van der Waals surface area contributed by atoms with Crippen molar-refractivity contribution in [3.63, 3.8) is 0 Å². The molecule has 0 spiro atoms. The second-order valence-electron chi connectivity index (χ2n) is 6.26. The highest BCUT2D eigenvalue weighted by molar-refractivity contribution is 5.77. The quantitative estimate of drug-likeness (QED) is 0.739. The Labute approximate surface area is 141 Å². The van der Waals surface area contributed by atoms with Gasteiger partial charge in [0.05, 0.1) is 28.7 Å². The first kappa shape index (κ1) is 16.0. The third-order valence-electron chi connectivity index (χ3n) is 4.53. The number of hydrogen-bond acceptors (Lipinski definition) is 3. The van der Waals surface area contributed by atoms with Gasteiger partial charge in [0.15, 0.2) is 0 Å². The standard InChI is InChI=1S/C18H16F3N3O/c19-18(20,21)12-5-3-4-11(8-12)16-9-13(25)10-24(16)17-22-14-6-1-2-7-15(14)23-17/h1-8,13,16,25H,9-10H2,(H,22,23). The number of aromatic nitrogens is 2. The van der Waals surface area contributed by atoms with Crippen LogP contribution in [0, 0.1) is 0 Å². The first-order valence-electron chi connectivity index (χ1n) is 7.98. The fraction of sp³-hybridized carbons (Fsp3) is 0.278. The Kier molecular flexibility index (Phi) is 3.68. The first-order valence-corrected chi connectivity index (χ1v) is 7.98. The molecule has 4 rings (SSSR count). The van der Waals surface area contributed by atoms with Gasteiger partial charge in [-0.05, 0) is 36.2 Å². The Morgan fingerprint density at radius 3 is 2.68 bits per heavy atom. The van der Waals surface area contributed by atoms with Crippen LogP contribution in [0.4, 0.5) is 19.1 Å². The van der Waals surface area contributed by atoms with Gasteiger partial charge in [0.2, 0.25) is 5.95 Å². The summed E-state index contributed by atoms with van der Waals surface area (Å²) in [5.41, 5.74) is 1.46. The van der Waals surface area contributed by atoms with Gasteiger partial charge >= 0.3 is 6.18 Å². The Hall–Kier alpha value is -2.54. The fourth-order valence-corrected chi connectivity index (χ4v) is 3.36. The molecule has 2 unspecified atom stereocenters. The summed E-state index contributed by atoms with van der Waals surface area (Å²) in [6.45, 7) is 0.320. The average molecular weight is 347 g/mol. The third kappa shape index (κ3) is 2.95. The molecule has 0 amide bonds. The average Bonchev–Trinajstić information content (AvgIpc) is 3.17. The maximum Gasteiger partial charge on any atom is 0.416 e. The molecule has 4 nitrogen and oxygen atoms in total. The van der Waals surface area contributed by atoms with Gasteiger partial charge in [0, 0.05) is 6.54 Å². The lowest BCUT2D eigenvalue weighted by atomic mass is 10.0. The van der Waals surface area contributed by atoms with Gasteiger partial charge in [-0.1, -0.05) is 24.3 Å². The highest BCUT2D eigenvalue weighted by Gasteiger charge is 2.36. The van der Waals surface area contributed by atoms with E-state index in [9.17, 15) is 18.3 Å². The molecule has 1 fully saturated rings. The van der Waals surface area contributed by atoms with E-state index in [1.165, 1.54) is 6.07 Å². The molecule has 25 heavy (non-hydrogen) atoms. The molecule has 2 N–H and O–H groups in total. The van der Waals surface area contributed by atoms with Crippen LogP contribution >= 0.6 is 0 Å². The van der Waals surface area contributed by atoms with Crippen LogP contribution in [-0.4, -0.2) is 27.7 Å². The predicted molar refractivity (Wildman–Crippen MR) is 88.2 cm³/mol. The summed E-state index contributed by atoms with van der Waals surface area (Å²) < 4.78 is 39.0. The number of aliphatic hydroxyl groups is 1. The number of fused-ring (bicyclic) bond motifs is 1. The van der Waals surface area contributed by atoms with Crippen LogP contribution in [0.25, 0.3) is 11.0 Å². The Morgan fingerprint density at radius 1 is 1.12 bits per heavy atom. The number of anilines is 1. The highest BCUT2D eigenvalue weighted by Crippen LogP contribution is 2.38. The number of β-amino-alcohol motifs (C(OH)–C–C–N with tert-alkyl or cyclic N) is 1. The molecule has 0 radical (unpaired) electrons. The SMILES string of the molecule is OC1CC(c2cccc(C(F)(F)F)c2)N(c2nc3ccccc3[nH]2)C1. The van der Waals surface area contributed by atoms with Crippen LogP contribution in [-0.2, 0) is 6.18 Å². The number of alkyl halides is 3. The van der Waals surface area contributed by atoms with E-state index in [1.54, 1.807) is 6.07 Å². The maximum absolute atomic E-state index is 13.0. The Balaban J connectivity index is 1.73. The van der Waals surface area contributed by atoms with E-state index < -0.39 is 17.8 Å². The molecule has 1 aliphatic rings. The molecule has 0 aliphatic carbocycles. The smallest absolute Gasteiger partial charge is 0.391 e. The number of aromatic amines is 1. The molecule has 130 valence electrons. The van der Waals surface area contributed by atoms with Gasteiger partial charge in [-0.15, -0.1) is 0 Å². The minimum atomic E-state index is -4.39. The van der Waals surface area contributed by atoms with Crippen molar-refractivity contribution in [1.29, 1.82) is 0 Å². The Morgan fingerprint density at radius 2 is 1.92 bits per heavy atom. The van der Waals surface area contributed by atoms with Gasteiger partial charge in [0.25, 0.3) is 0 Å². The second-order valence-corrected chi connectivity index (χ2v) is 6.26. The molecule has 0 bridgehead atoms. The van der Waals surface area contributed by atoms with Gasteiger partial charge < -0.3 is 15.0 Å². The van der Waals surface area contributed by atoms with E-state index in [0.29, 0.717) is 24.5 Å². The van der Waals surface area contributed by atoms with Crippen LogP contribution in [0.3, 0.4) is 0 Å². The van der Waals surface area contributed by atoms with Crippen LogP contribution in [0.1, 0.15) is 23.6 Å². The summed E-state index contributed by atoms with van der Waals surface area (Å²) in [5.74, 6) is 0.556. The summed E-state index contributed by atoms with van der Waals surface area (Å²) in [5, 5.41) is 10.1. The second kappa shape index (κ2) is 5.77. The summed E-state index contributed by atoms with van der Waals surface area (Å²) in [7, 11) is 0. The number of nitrogens with zero attached hydrogens (tertiary/aromatic N) is 2. The van der Waals surface area contributed by atoms with E-state index >= 15 is 0 Å². The van der Waals surface area contributed by atoms with Crippen molar-refractivity contribution in [2.45, 2.75) is 24.7 Å². The molecule has 7 heteroatoms. The largest absolute Gasteiger partial charge is 0.416 e. The van der Waals surface area contributed by atoms with Gasteiger partial charge in [0.1, 0.15) is 0 Å². The molecule has 2 heterocycles. The maximum atomic E-state index is 13.0. The molecule has 3 aromatic rings. The Bertz CT molecular complexity index is 873. The van der Waals surface area contributed by atoms with E-state index in [2.05, 4.69) is 9.97 Å². The van der Waals surface area contributed by atoms with E-state index in [-0.39, 0.29) is 6.04 Å². The van der Waals surface area contributed by atoms with E-state index in [4.69, 9.17) is 0 Å². The minimum Gasteiger partial charge on any atom is -0.391 e. The number of imidazole rings is 1. The zero-order chi connectivity index (χ0) is 17.6. The van der Waals surface area contributed by atoms with Crippen molar-refractivity contribution in [2.24, 2.45) is 0 Å². The molecule has 2 atom stereocenters. The van der Waals surface area contributed by atoms with Crippen molar-refractivity contribution in [3.8, 4) is 0 Å². The van der Waals surface area contributed by atoms with Gasteiger partial charge in [-0.2, -0.15) is 13.2 Å². The molecular formula is C18H16F3N3O. The third-order valence-corrected chi connectivity index (χ3v) is 4.53. The molecule has 2 aromatic carbocycles. The molecule has 1 saturated heterocycles. The van der Waals surface area contributed by atoms with Crippen molar-refractivity contribution in [2.75, 3.05) is 11.4 Å². The minimum absolute atomic E-state index is 0.320. The lowest BCUT2D eigenvalue weighted by Crippen LogP contribution is -2.25. The van der Waals surface area contributed by atoms with Crippen LogP contribution in [0.15, 0.2) is 48.5 Å². The first-order chi connectivity index (χ1) is 11.9. The van der Waals surface area contributed by atoms with Crippen molar-refractivity contribution >= 4 is 17.0 Å². The number of rotatable bonds is 2. The zero-order valence-corrected chi connectivity index (χ0v) is 13.2. The van der Waals surface area contributed by atoms with Crippen molar-refractivity contribution in [1.82, 2.24) is 9.97 Å². The van der Waals surface area contributed by atoms with Crippen molar-refractivity contribution in [3.05, 3.63) is 59.7 Å². The monoisotopic (exact) mass is 347 g/mol. The summed E-state index contributed by atoms with van der Waals surface area (Å²) in [4.78, 5) is 9.53. The molecular weight excluding hydrogens is 331 g/mol. The van der Waals surface area contributed by atoms with Crippen LogP contribution in [0.5, 0.6) is 0 Å². The van der Waals surface area contributed by atoms with Gasteiger partial charge in [-0.25, -0.2) is 4.98 Å². The lowest BCUT2D eigenvalue weighted by molar-refractivity contribution is -0.137. The zero-order valence-electron chi connectivity index (χ0n) is 13.2. The van der Waals surface area contributed by atoms with Crippen LogP contribution in [0.2, 0.25) is 0 Å². The molecule has 0 saturated carbocycles. The summed E-state index contributed by atoms with van der Waals surface area (Å²) >= 11 is 0. The van der Waals surface area contributed by atoms with Gasteiger partial charge in [-0.3, -0.25) is 0 Å². The number of halogens is 3. The highest BCUT2D eigenvalue weighted by atomic mass is 19.4. The predicted octanol–water partition coefficient (Wildman–Crippen LogP) is 3.89. The topological polar surface area (TPSA) is 52.1 Å². The number of hydrogen-bond donors (Lipinski definition) is 2. The van der Waals surface area contributed by atoms with Crippen LogP contribution < -0.4 is 4.90 Å². The fourth-order valence-electron chi connectivity index (χ4n) is 3.36. The van der Waals surface area contributed by atoms with E-state index in [1.807, 2.05) is 29.2 Å². The number of H-pyrrole nitrogens is 1. The van der Waals surface area contributed by atoms with Crippen molar-refractivity contribution < 1.29 is 18.3 Å². The molecule has 1 aliphatic heterocycles. The number of aliphatic hydroxyl groups excluding tert-OH is 1. The number of nitrogens with one attached hydrogen (secondary N) is 1. The normalized spacial score (nSPS) is 21.2. The van der Waals surface area contributed by atoms with E-state index in [0.717, 1.165) is 23.2 Å². The lowest BCUT2D eigenvalue weighted by Gasteiger charge is -2.24. The number of benzene rings is 2. The molecule has 1 aromatic heterocycles. The summed E-state index contributed by atoms with van der Waals surface area (Å²) in [6, 6.07) is 12.4. The summed E-state index contributed by atoms with van der Waals surface area (Å²) in [6.07, 6.45) is -4.65. The number of para-hydroxylation sites is 2.